The quantitative estimate of drug-likeness (QED) is 0.898. The van der Waals surface area contributed by atoms with Gasteiger partial charge in [-0.1, -0.05) is 0 Å². The second-order valence-electron chi connectivity index (χ2n) is 7.97. The minimum Gasteiger partial charge on any atom is -0.387 e. The van der Waals surface area contributed by atoms with E-state index in [-0.39, 0.29) is 0 Å². The fourth-order valence-electron chi connectivity index (χ4n) is 4.57. The topological polar surface area (TPSA) is 44.5 Å². The van der Waals surface area contributed by atoms with Gasteiger partial charge in [-0.2, -0.15) is 5.10 Å². The Balaban J connectivity index is 1.41. The first-order valence-electron chi connectivity index (χ1n) is 9.31. The van der Waals surface area contributed by atoms with Crippen molar-refractivity contribution in [2.75, 3.05) is 32.7 Å². The Kier molecular flexibility index (Phi) is 4.20. The molecule has 3 fully saturated rings. The number of aliphatic hydroxyl groups is 1. The summed E-state index contributed by atoms with van der Waals surface area (Å²) < 4.78 is 2.06. The number of aromatic nitrogens is 2. The number of rotatable bonds is 5. The number of nitrogens with zero attached hydrogens (tertiary/aromatic N) is 4. The van der Waals surface area contributed by atoms with E-state index in [0.29, 0.717) is 0 Å². The maximum atomic E-state index is 11.1. The van der Waals surface area contributed by atoms with Crippen molar-refractivity contribution in [1.29, 1.82) is 0 Å². The van der Waals surface area contributed by atoms with Crippen LogP contribution in [0.25, 0.3) is 0 Å². The SMILES string of the molecule is Cn1ncc(CN2CCCC(O)(CN3CCCC3)C2)c1C1CC1. The van der Waals surface area contributed by atoms with Crippen LogP contribution < -0.4 is 0 Å². The van der Waals surface area contributed by atoms with Gasteiger partial charge in [0.05, 0.1) is 11.8 Å². The number of hydrogen-bond acceptors (Lipinski definition) is 4. The van der Waals surface area contributed by atoms with E-state index in [1.54, 1.807) is 0 Å². The third-order valence-electron chi connectivity index (χ3n) is 5.77. The lowest BCUT2D eigenvalue weighted by molar-refractivity contribution is -0.0519. The fraction of sp³-hybridized carbons (Fsp3) is 0.833. The number of β-amino-alcohol motifs (C(OH)–C–C–N with tert-alkyl or cyclic N) is 1. The second-order valence-corrected chi connectivity index (χ2v) is 7.97. The Morgan fingerprint density at radius 1 is 1.17 bits per heavy atom. The summed E-state index contributed by atoms with van der Waals surface area (Å²) in [5.41, 5.74) is 2.28. The molecule has 0 spiro atoms. The van der Waals surface area contributed by atoms with Crippen LogP contribution in [0.15, 0.2) is 6.20 Å². The van der Waals surface area contributed by atoms with Crippen molar-refractivity contribution in [1.82, 2.24) is 19.6 Å². The average molecular weight is 318 g/mol. The van der Waals surface area contributed by atoms with Crippen LogP contribution in [0.1, 0.15) is 55.7 Å². The van der Waals surface area contributed by atoms with Crippen molar-refractivity contribution >= 4 is 0 Å². The molecule has 1 aromatic rings. The molecule has 23 heavy (non-hydrogen) atoms. The molecule has 2 aliphatic heterocycles. The van der Waals surface area contributed by atoms with Crippen LogP contribution >= 0.6 is 0 Å². The van der Waals surface area contributed by atoms with Crippen LogP contribution in [0.4, 0.5) is 0 Å². The summed E-state index contributed by atoms with van der Waals surface area (Å²) in [5.74, 6) is 0.728. The third-order valence-corrected chi connectivity index (χ3v) is 5.77. The van der Waals surface area contributed by atoms with Crippen LogP contribution in [0, 0.1) is 0 Å². The van der Waals surface area contributed by atoms with Gasteiger partial charge in [0.2, 0.25) is 0 Å². The first-order valence-corrected chi connectivity index (χ1v) is 9.31. The largest absolute Gasteiger partial charge is 0.387 e. The molecule has 3 heterocycles. The molecule has 0 radical (unpaired) electrons. The zero-order valence-electron chi connectivity index (χ0n) is 14.4. The minimum absolute atomic E-state index is 0.523. The van der Waals surface area contributed by atoms with E-state index in [9.17, 15) is 5.11 Å². The summed E-state index contributed by atoms with van der Waals surface area (Å²) >= 11 is 0. The minimum atomic E-state index is -0.523. The summed E-state index contributed by atoms with van der Waals surface area (Å²) in [6.45, 7) is 6.03. The first-order chi connectivity index (χ1) is 11.1. The molecule has 0 bridgehead atoms. The molecule has 3 aliphatic rings. The Morgan fingerprint density at radius 2 is 1.91 bits per heavy atom. The average Bonchev–Trinajstić information content (AvgIpc) is 3.09. The van der Waals surface area contributed by atoms with Gasteiger partial charge in [0.25, 0.3) is 0 Å². The monoisotopic (exact) mass is 318 g/mol. The van der Waals surface area contributed by atoms with Crippen LogP contribution in [-0.2, 0) is 13.6 Å². The first kappa shape index (κ1) is 15.6. The zero-order chi connectivity index (χ0) is 15.9. The van der Waals surface area contributed by atoms with Crippen molar-refractivity contribution in [3.8, 4) is 0 Å². The smallest absolute Gasteiger partial charge is 0.0900 e. The molecule has 2 saturated heterocycles. The molecule has 128 valence electrons. The highest BCUT2D eigenvalue weighted by Gasteiger charge is 2.36. The van der Waals surface area contributed by atoms with Gasteiger partial charge >= 0.3 is 0 Å². The van der Waals surface area contributed by atoms with Crippen molar-refractivity contribution in [2.24, 2.45) is 7.05 Å². The summed E-state index contributed by atoms with van der Waals surface area (Å²) in [6, 6.07) is 0. The number of piperidine rings is 1. The van der Waals surface area contributed by atoms with Crippen LogP contribution in [0.3, 0.4) is 0 Å². The van der Waals surface area contributed by atoms with E-state index in [1.165, 1.54) is 36.9 Å². The number of likely N-dealkylation sites (tertiary alicyclic amines) is 2. The van der Waals surface area contributed by atoms with E-state index >= 15 is 0 Å². The van der Waals surface area contributed by atoms with E-state index in [0.717, 1.165) is 58.0 Å². The molecule has 1 saturated carbocycles. The van der Waals surface area contributed by atoms with Crippen molar-refractivity contribution in [3.05, 3.63) is 17.5 Å². The van der Waals surface area contributed by atoms with Crippen LogP contribution in [0.5, 0.6) is 0 Å². The third kappa shape index (κ3) is 3.47. The molecule has 4 rings (SSSR count). The Hall–Kier alpha value is -0.910. The lowest BCUT2D eigenvalue weighted by atomic mass is 9.92. The lowest BCUT2D eigenvalue weighted by Crippen LogP contribution is -2.53. The highest BCUT2D eigenvalue weighted by atomic mass is 16.3. The Labute approximate surface area is 139 Å². The summed E-state index contributed by atoms with van der Waals surface area (Å²) in [4.78, 5) is 4.89. The predicted octanol–water partition coefficient (Wildman–Crippen LogP) is 1.72. The van der Waals surface area contributed by atoms with Crippen molar-refractivity contribution in [3.63, 3.8) is 0 Å². The van der Waals surface area contributed by atoms with Crippen molar-refractivity contribution in [2.45, 2.75) is 56.6 Å². The summed E-state index contributed by atoms with van der Waals surface area (Å²) in [6.07, 6.45) is 9.30. The van der Waals surface area contributed by atoms with Crippen molar-refractivity contribution < 1.29 is 5.11 Å². The number of hydrogen-bond donors (Lipinski definition) is 1. The van der Waals surface area contributed by atoms with E-state index in [4.69, 9.17) is 0 Å². The standard InChI is InChI=1S/C18H30N4O/c1-20-17(15-5-6-15)16(11-19-20)12-22-10-4-7-18(23,14-22)13-21-8-2-3-9-21/h11,15,23H,2-10,12-14H2,1H3. The molecule has 0 amide bonds. The highest BCUT2D eigenvalue weighted by molar-refractivity contribution is 5.25. The van der Waals surface area contributed by atoms with Gasteiger partial charge in [0, 0.05) is 43.9 Å². The zero-order valence-corrected chi connectivity index (χ0v) is 14.4. The molecule has 1 unspecified atom stereocenters. The van der Waals surface area contributed by atoms with E-state index < -0.39 is 5.60 Å². The predicted molar refractivity (Wildman–Crippen MR) is 90.3 cm³/mol. The van der Waals surface area contributed by atoms with Gasteiger partial charge in [-0.05, 0) is 58.2 Å². The molecular weight excluding hydrogens is 288 g/mol. The molecule has 5 heteroatoms. The van der Waals surface area contributed by atoms with Gasteiger partial charge in [-0.25, -0.2) is 0 Å². The molecule has 5 nitrogen and oxygen atoms in total. The van der Waals surface area contributed by atoms with Gasteiger partial charge in [0.1, 0.15) is 0 Å². The Bertz CT molecular complexity index is 547. The van der Waals surface area contributed by atoms with Gasteiger partial charge in [-0.3, -0.25) is 9.58 Å². The molecular formula is C18H30N4O. The summed E-state index contributed by atoms with van der Waals surface area (Å²) in [7, 11) is 2.07. The maximum absolute atomic E-state index is 11.1. The normalized spacial score (nSPS) is 30.2. The molecule has 1 N–H and O–H groups in total. The Morgan fingerprint density at radius 3 is 2.65 bits per heavy atom. The van der Waals surface area contributed by atoms with Gasteiger partial charge < -0.3 is 10.0 Å². The van der Waals surface area contributed by atoms with Crippen LogP contribution in [0.2, 0.25) is 0 Å². The highest BCUT2D eigenvalue weighted by Crippen LogP contribution is 2.41. The fourth-order valence-corrected chi connectivity index (χ4v) is 4.57. The summed E-state index contributed by atoms with van der Waals surface area (Å²) in [5, 5.41) is 15.6. The lowest BCUT2D eigenvalue weighted by Gasteiger charge is -2.41. The molecule has 1 aliphatic carbocycles. The van der Waals surface area contributed by atoms with E-state index in [2.05, 4.69) is 26.6 Å². The van der Waals surface area contributed by atoms with Crippen LogP contribution in [-0.4, -0.2) is 63.0 Å². The van der Waals surface area contributed by atoms with E-state index in [1.807, 2.05) is 6.20 Å². The maximum Gasteiger partial charge on any atom is 0.0900 e. The number of aryl methyl sites for hydroxylation is 1. The molecule has 1 aromatic heterocycles. The van der Waals surface area contributed by atoms with Gasteiger partial charge in [0.15, 0.2) is 0 Å². The second kappa shape index (κ2) is 6.19. The van der Waals surface area contributed by atoms with Gasteiger partial charge in [-0.15, -0.1) is 0 Å². The molecule has 0 aromatic carbocycles. The molecule has 1 atom stereocenters.